The zero-order chi connectivity index (χ0) is 16.2. The van der Waals surface area contributed by atoms with Crippen molar-refractivity contribution in [3.8, 4) is 17.2 Å². The van der Waals surface area contributed by atoms with E-state index in [0.29, 0.717) is 29.0 Å². The number of aromatic nitrogens is 1. The highest BCUT2D eigenvalue weighted by Gasteiger charge is 2.12. The highest BCUT2D eigenvalue weighted by Crippen LogP contribution is 2.34. The second-order valence-corrected chi connectivity index (χ2v) is 5.82. The highest BCUT2D eigenvalue weighted by atomic mass is 16.5. The molecule has 0 bridgehead atoms. The molecule has 0 spiro atoms. The second-order valence-electron chi connectivity index (χ2n) is 5.82. The first kappa shape index (κ1) is 15.7. The summed E-state index contributed by atoms with van der Waals surface area (Å²) in [6.07, 6.45) is 3.52. The van der Waals surface area contributed by atoms with Crippen molar-refractivity contribution in [1.29, 1.82) is 0 Å². The van der Waals surface area contributed by atoms with Gasteiger partial charge in [-0.05, 0) is 38.4 Å². The van der Waals surface area contributed by atoms with E-state index in [1.807, 2.05) is 0 Å². The molecule has 1 aromatic heterocycles. The molecule has 3 rings (SSSR count). The van der Waals surface area contributed by atoms with Crippen molar-refractivity contribution in [1.82, 2.24) is 9.88 Å². The summed E-state index contributed by atoms with van der Waals surface area (Å²) in [5.41, 5.74) is 0.186. The van der Waals surface area contributed by atoms with E-state index in [1.54, 1.807) is 19.2 Å². The maximum absolute atomic E-state index is 11.5. The van der Waals surface area contributed by atoms with Gasteiger partial charge in [0.1, 0.15) is 5.75 Å². The average molecular weight is 318 g/mol. The molecule has 124 valence electrons. The van der Waals surface area contributed by atoms with Crippen molar-refractivity contribution in [3.63, 3.8) is 0 Å². The van der Waals surface area contributed by atoms with Gasteiger partial charge in [-0.3, -0.25) is 4.79 Å². The van der Waals surface area contributed by atoms with Crippen LogP contribution < -0.4 is 15.0 Å². The Kier molecular flexibility index (Phi) is 4.71. The summed E-state index contributed by atoms with van der Waals surface area (Å²) in [6.45, 7) is 3.98. The van der Waals surface area contributed by atoms with Gasteiger partial charge in [0, 0.05) is 24.1 Å². The molecule has 23 heavy (non-hydrogen) atoms. The van der Waals surface area contributed by atoms with Gasteiger partial charge in [-0.15, -0.1) is 0 Å². The largest absolute Gasteiger partial charge is 0.507 e. The molecule has 1 aromatic carbocycles. The van der Waals surface area contributed by atoms with E-state index in [9.17, 15) is 9.90 Å². The van der Waals surface area contributed by atoms with Crippen LogP contribution in [-0.2, 0) is 0 Å². The molecule has 0 atom stereocenters. The molecule has 0 saturated carbocycles. The van der Waals surface area contributed by atoms with Crippen molar-refractivity contribution in [3.05, 3.63) is 28.6 Å². The summed E-state index contributed by atoms with van der Waals surface area (Å²) in [5.74, 6) is 1.05. The number of aromatic hydroxyl groups is 1. The molecule has 0 radical (unpaired) electrons. The number of rotatable bonds is 6. The van der Waals surface area contributed by atoms with E-state index in [0.717, 1.165) is 19.0 Å². The number of likely N-dealkylation sites (tertiary alicyclic amines) is 1. The number of aromatic amines is 1. The van der Waals surface area contributed by atoms with Crippen molar-refractivity contribution >= 4 is 10.9 Å². The van der Waals surface area contributed by atoms with Crippen LogP contribution in [0.4, 0.5) is 0 Å². The highest BCUT2D eigenvalue weighted by molar-refractivity contribution is 5.87. The van der Waals surface area contributed by atoms with Crippen molar-refractivity contribution in [2.24, 2.45) is 0 Å². The van der Waals surface area contributed by atoms with Crippen LogP contribution in [0.1, 0.15) is 19.3 Å². The SMILES string of the molecule is COc1cc2c(O)cc(=O)[nH]c2cc1OCCCN1CCCC1. The lowest BCUT2D eigenvalue weighted by molar-refractivity contribution is 0.254. The summed E-state index contributed by atoms with van der Waals surface area (Å²) in [4.78, 5) is 16.6. The van der Waals surface area contributed by atoms with Gasteiger partial charge in [-0.2, -0.15) is 0 Å². The Morgan fingerprint density at radius 2 is 2.00 bits per heavy atom. The molecule has 1 aliphatic rings. The van der Waals surface area contributed by atoms with E-state index < -0.39 is 0 Å². The lowest BCUT2D eigenvalue weighted by Gasteiger charge is -2.16. The van der Waals surface area contributed by atoms with Gasteiger partial charge in [-0.1, -0.05) is 0 Å². The smallest absolute Gasteiger partial charge is 0.252 e. The third-order valence-corrected chi connectivity index (χ3v) is 4.18. The molecule has 0 amide bonds. The number of pyridine rings is 1. The minimum atomic E-state index is -0.347. The number of hydrogen-bond donors (Lipinski definition) is 2. The minimum Gasteiger partial charge on any atom is -0.507 e. The van der Waals surface area contributed by atoms with E-state index in [1.165, 1.54) is 25.9 Å². The molecule has 2 N–H and O–H groups in total. The number of ether oxygens (including phenoxy) is 2. The van der Waals surface area contributed by atoms with E-state index in [2.05, 4.69) is 9.88 Å². The normalized spacial score (nSPS) is 15.2. The Labute approximate surface area is 134 Å². The fraction of sp³-hybridized carbons (Fsp3) is 0.471. The molecule has 6 heteroatoms. The quantitative estimate of drug-likeness (QED) is 0.798. The Morgan fingerprint density at radius 3 is 2.74 bits per heavy atom. The predicted octanol–water partition coefficient (Wildman–Crippen LogP) is 2.11. The zero-order valence-electron chi connectivity index (χ0n) is 13.3. The van der Waals surface area contributed by atoms with Crippen molar-refractivity contribution in [2.45, 2.75) is 19.3 Å². The van der Waals surface area contributed by atoms with Gasteiger partial charge in [-0.25, -0.2) is 0 Å². The van der Waals surface area contributed by atoms with Gasteiger partial charge < -0.3 is 24.5 Å². The van der Waals surface area contributed by atoms with Gasteiger partial charge in [0.2, 0.25) is 0 Å². The molecule has 6 nitrogen and oxygen atoms in total. The van der Waals surface area contributed by atoms with E-state index >= 15 is 0 Å². The van der Waals surface area contributed by atoms with E-state index in [-0.39, 0.29) is 11.3 Å². The summed E-state index contributed by atoms with van der Waals surface area (Å²) in [7, 11) is 1.56. The minimum absolute atomic E-state index is 0.0670. The number of methoxy groups -OCH3 is 1. The Bertz CT molecular complexity index is 735. The molecule has 1 saturated heterocycles. The first-order chi connectivity index (χ1) is 11.2. The number of hydrogen-bond acceptors (Lipinski definition) is 5. The number of fused-ring (bicyclic) bond motifs is 1. The molecule has 2 aromatic rings. The topological polar surface area (TPSA) is 74.8 Å². The van der Waals surface area contributed by atoms with Crippen LogP contribution in [0.3, 0.4) is 0 Å². The summed E-state index contributed by atoms with van der Waals surface area (Å²) >= 11 is 0. The summed E-state index contributed by atoms with van der Waals surface area (Å²) in [6, 6.07) is 4.53. The predicted molar refractivity (Wildman–Crippen MR) is 88.6 cm³/mol. The van der Waals surface area contributed by atoms with Crippen LogP contribution in [0, 0.1) is 0 Å². The van der Waals surface area contributed by atoms with E-state index in [4.69, 9.17) is 9.47 Å². The van der Waals surface area contributed by atoms with Gasteiger partial charge in [0.05, 0.1) is 19.2 Å². The second kappa shape index (κ2) is 6.91. The standard InChI is InChI=1S/C17H22N2O4/c1-22-15-9-12-13(18-17(21)11-14(12)20)10-16(15)23-8-4-7-19-5-2-3-6-19/h9-11H,2-8H2,1H3,(H2,18,20,21). The molecular weight excluding hydrogens is 296 g/mol. The third kappa shape index (κ3) is 3.59. The van der Waals surface area contributed by atoms with Crippen molar-refractivity contribution < 1.29 is 14.6 Å². The van der Waals surface area contributed by atoms with Crippen LogP contribution in [0.15, 0.2) is 23.0 Å². The number of nitrogens with one attached hydrogen (secondary N) is 1. The zero-order valence-corrected chi connectivity index (χ0v) is 13.3. The number of nitrogens with zero attached hydrogens (tertiary/aromatic N) is 1. The fourth-order valence-corrected chi connectivity index (χ4v) is 2.99. The van der Waals surface area contributed by atoms with Crippen LogP contribution in [0.2, 0.25) is 0 Å². The van der Waals surface area contributed by atoms with Crippen LogP contribution in [-0.4, -0.2) is 48.3 Å². The van der Waals surface area contributed by atoms with Gasteiger partial charge in [0.25, 0.3) is 5.56 Å². The first-order valence-corrected chi connectivity index (χ1v) is 7.96. The summed E-state index contributed by atoms with van der Waals surface area (Å²) in [5, 5.41) is 10.4. The monoisotopic (exact) mass is 318 g/mol. The maximum atomic E-state index is 11.5. The third-order valence-electron chi connectivity index (χ3n) is 4.18. The molecule has 0 aliphatic carbocycles. The fourth-order valence-electron chi connectivity index (χ4n) is 2.99. The number of benzene rings is 1. The first-order valence-electron chi connectivity index (χ1n) is 7.96. The molecule has 0 unspecified atom stereocenters. The summed E-state index contributed by atoms with van der Waals surface area (Å²) < 4.78 is 11.2. The van der Waals surface area contributed by atoms with Crippen LogP contribution >= 0.6 is 0 Å². The Balaban J connectivity index is 1.72. The Hall–Kier alpha value is -2.21. The molecular formula is C17H22N2O4. The maximum Gasteiger partial charge on any atom is 0.252 e. The van der Waals surface area contributed by atoms with Crippen LogP contribution in [0.5, 0.6) is 17.2 Å². The lowest BCUT2D eigenvalue weighted by Crippen LogP contribution is -2.21. The van der Waals surface area contributed by atoms with Crippen molar-refractivity contribution in [2.75, 3.05) is 33.4 Å². The number of H-pyrrole nitrogens is 1. The average Bonchev–Trinajstić information content (AvgIpc) is 3.04. The van der Waals surface area contributed by atoms with Gasteiger partial charge in [0.15, 0.2) is 11.5 Å². The van der Waals surface area contributed by atoms with Crippen LogP contribution in [0.25, 0.3) is 10.9 Å². The molecule has 1 aliphatic heterocycles. The lowest BCUT2D eigenvalue weighted by atomic mass is 10.2. The van der Waals surface area contributed by atoms with Gasteiger partial charge >= 0.3 is 0 Å². The molecule has 1 fully saturated rings. The molecule has 2 heterocycles. The Morgan fingerprint density at radius 1 is 1.22 bits per heavy atom.